The lowest BCUT2D eigenvalue weighted by atomic mass is 10.2. The van der Waals surface area contributed by atoms with Gasteiger partial charge in [-0.05, 0) is 31.7 Å². The number of thioether (sulfide) groups is 1. The van der Waals surface area contributed by atoms with Crippen LogP contribution in [0.4, 0.5) is 0 Å². The van der Waals surface area contributed by atoms with Gasteiger partial charge in [0.1, 0.15) is 5.76 Å². The van der Waals surface area contributed by atoms with Gasteiger partial charge >= 0.3 is 0 Å². The van der Waals surface area contributed by atoms with E-state index in [4.69, 9.17) is 4.42 Å². The maximum Gasteiger partial charge on any atom is 0.237 e. The maximum absolute atomic E-state index is 11.8. The van der Waals surface area contributed by atoms with Crippen LogP contribution in [0.25, 0.3) is 0 Å². The highest BCUT2D eigenvalue weighted by Gasteiger charge is 2.14. The second kappa shape index (κ2) is 8.21. The van der Waals surface area contributed by atoms with Crippen molar-refractivity contribution in [1.82, 2.24) is 10.6 Å². The minimum atomic E-state index is -0.188. The van der Waals surface area contributed by atoms with Crippen molar-refractivity contribution in [3.8, 4) is 0 Å². The summed E-state index contributed by atoms with van der Waals surface area (Å²) in [4.78, 5) is 11.8. The van der Waals surface area contributed by atoms with Gasteiger partial charge in [-0.3, -0.25) is 4.79 Å². The molecule has 1 aromatic heterocycles. The van der Waals surface area contributed by atoms with Crippen LogP contribution in [-0.4, -0.2) is 29.5 Å². The number of hydrogen-bond donors (Lipinski definition) is 2. The van der Waals surface area contributed by atoms with Crippen molar-refractivity contribution in [3.63, 3.8) is 0 Å². The van der Waals surface area contributed by atoms with Crippen LogP contribution >= 0.6 is 11.8 Å². The fraction of sp³-hybridized carbons (Fsp3) is 0.615. The molecule has 1 aromatic rings. The highest BCUT2D eigenvalue weighted by Crippen LogP contribution is 2.02. The molecule has 0 aliphatic rings. The lowest BCUT2D eigenvalue weighted by molar-refractivity contribution is -0.123. The molecule has 0 bridgehead atoms. The quantitative estimate of drug-likeness (QED) is 0.759. The third-order valence-electron chi connectivity index (χ3n) is 2.52. The highest BCUT2D eigenvalue weighted by molar-refractivity contribution is 7.99. The van der Waals surface area contributed by atoms with E-state index in [0.29, 0.717) is 12.6 Å². The predicted molar refractivity (Wildman–Crippen MR) is 75.6 cm³/mol. The van der Waals surface area contributed by atoms with Crippen LogP contribution in [0, 0.1) is 0 Å². The molecule has 2 atom stereocenters. The van der Waals surface area contributed by atoms with Crippen LogP contribution in [0.5, 0.6) is 0 Å². The van der Waals surface area contributed by atoms with E-state index >= 15 is 0 Å². The van der Waals surface area contributed by atoms with Crippen LogP contribution in [0.3, 0.4) is 0 Å². The molecule has 0 saturated carbocycles. The Morgan fingerprint density at radius 3 is 2.89 bits per heavy atom. The zero-order valence-corrected chi connectivity index (χ0v) is 12.0. The Morgan fingerprint density at radius 2 is 2.28 bits per heavy atom. The van der Waals surface area contributed by atoms with Crippen molar-refractivity contribution in [1.29, 1.82) is 0 Å². The summed E-state index contributed by atoms with van der Waals surface area (Å²) in [7, 11) is 0. The molecule has 0 spiro atoms. The van der Waals surface area contributed by atoms with Gasteiger partial charge in [0.25, 0.3) is 0 Å². The number of hydrogen-bond acceptors (Lipinski definition) is 4. The third-order valence-corrected chi connectivity index (χ3v) is 3.66. The summed E-state index contributed by atoms with van der Waals surface area (Å²) >= 11 is 1.87. The Labute approximate surface area is 113 Å². The van der Waals surface area contributed by atoms with Crippen molar-refractivity contribution in [2.45, 2.75) is 39.4 Å². The third kappa shape index (κ3) is 5.60. The van der Waals surface area contributed by atoms with Crippen molar-refractivity contribution >= 4 is 17.7 Å². The van der Waals surface area contributed by atoms with Crippen molar-refractivity contribution in [2.75, 3.05) is 11.5 Å². The summed E-state index contributed by atoms with van der Waals surface area (Å²) in [5, 5.41) is 6.13. The standard InChI is InChI=1S/C13H22N2O2S/c1-4-18-9-10(2)15-11(3)13(16)14-8-12-6-5-7-17-12/h5-7,10-11,15H,4,8-9H2,1-3H3,(H,14,16). The Morgan fingerprint density at radius 1 is 1.50 bits per heavy atom. The van der Waals surface area contributed by atoms with Gasteiger partial charge in [0.2, 0.25) is 5.91 Å². The van der Waals surface area contributed by atoms with Crippen LogP contribution in [0.1, 0.15) is 26.5 Å². The molecule has 102 valence electrons. The normalized spacial score (nSPS) is 14.2. The van der Waals surface area contributed by atoms with E-state index in [-0.39, 0.29) is 11.9 Å². The van der Waals surface area contributed by atoms with Gasteiger partial charge in [0, 0.05) is 11.8 Å². The SMILES string of the molecule is CCSCC(C)NC(C)C(=O)NCc1ccco1. The van der Waals surface area contributed by atoms with Gasteiger partial charge < -0.3 is 15.1 Å². The van der Waals surface area contributed by atoms with E-state index in [1.54, 1.807) is 6.26 Å². The van der Waals surface area contributed by atoms with Gasteiger partial charge in [-0.15, -0.1) is 0 Å². The first-order valence-electron chi connectivity index (χ1n) is 6.27. The summed E-state index contributed by atoms with van der Waals surface area (Å²) in [6.45, 7) is 6.55. The monoisotopic (exact) mass is 270 g/mol. The number of rotatable bonds is 8. The first-order valence-corrected chi connectivity index (χ1v) is 7.42. The minimum absolute atomic E-state index is 0.000233. The topological polar surface area (TPSA) is 54.3 Å². The van der Waals surface area contributed by atoms with E-state index in [1.165, 1.54) is 0 Å². The lowest BCUT2D eigenvalue weighted by Gasteiger charge is -2.19. The second-order valence-electron chi connectivity index (χ2n) is 4.25. The van der Waals surface area contributed by atoms with Gasteiger partial charge in [0.05, 0.1) is 18.8 Å². The van der Waals surface area contributed by atoms with Crippen LogP contribution in [-0.2, 0) is 11.3 Å². The first kappa shape index (κ1) is 15.1. The molecule has 0 saturated heterocycles. The Balaban J connectivity index is 2.23. The van der Waals surface area contributed by atoms with Gasteiger partial charge in [-0.1, -0.05) is 6.92 Å². The zero-order valence-electron chi connectivity index (χ0n) is 11.2. The second-order valence-corrected chi connectivity index (χ2v) is 5.56. The fourth-order valence-corrected chi connectivity index (χ4v) is 2.27. The molecule has 0 aliphatic carbocycles. The first-order chi connectivity index (χ1) is 8.63. The van der Waals surface area contributed by atoms with Gasteiger partial charge in [-0.25, -0.2) is 0 Å². The summed E-state index contributed by atoms with van der Waals surface area (Å²) in [5.74, 6) is 2.89. The lowest BCUT2D eigenvalue weighted by Crippen LogP contribution is -2.46. The molecular formula is C13H22N2O2S. The van der Waals surface area contributed by atoms with Gasteiger partial charge in [-0.2, -0.15) is 11.8 Å². The molecule has 0 aromatic carbocycles. The number of carbonyl (C=O) groups is 1. The van der Waals surface area contributed by atoms with Crippen molar-refractivity contribution in [2.24, 2.45) is 0 Å². The molecule has 4 nitrogen and oxygen atoms in total. The van der Waals surface area contributed by atoms with Crippen LogP contribution in [0.15, 0.2) is 22.8 Å². The molecule has 5 heteroatoms. The number of nitrogens with one attached hydrogen (secondary N) is 2. The number of carbonyl (C=O) groups excluding carboxylic acids is 1. The molecule has 18 heavy (non-hydrogen) atoms. The molecular weight excluding hydrogens is 248 g/mol. The summed E-state index contributed by atoms with van der Waals surface area (Å²) in [5.41, 5.74) is 0. The fourth-order valence-electron chi connectivity index (χ4n) is 1.59. The van der Waals surface area contributed by atoms with Gasteiger partial charge in [0.15, 0.2) is 0 Å². The molecule has 1 rings (SSSR count). The van der Waals surface area contributed by atoms with Crippen LogP contribution < -0.4 is 10.6 Å². The summed E-state index contributed by atoms with van der Waals surface area (Å²) < 4.78 is 5.16. The summed E-state index contributed by atoms with van der Waals surface area (Å²) in [6, 6.07) is 3.80. The number of amides is 1. The Hall–Kier alpha value is -0.940. The largest absolute Gasteiger partial charge is 0.467 e. The average molecular weight is 270 g/mol. The molecule has 0 fully saturated rings. The Kier molecular flexibility index (Phi) is 6.90. The molecule has 0 aliphatic heterocycles. The minimum Gasteiger partial charge on any atom is -0.467 e. The van der Waals surface area contributed by atoms with E-state index in [1.807, 2.05) is 30.8 Å². The van der Waals surface area contributed by atoms with Crippen molar-refractivity contribution < 1.29 is 9.21 Å². The number of furan rings is 1. The predicted octanol–water partition coefficient (Wildman–Crippen LogP) is 2.02. The molecule has 0 radical (unpaired) electrons. The average Bonchev–Trinajstić information content (AvgIpc) is 2.86. The van der Waals surface area contributed by atoms with E-state index in [0.717, 1.165) is 17.3 Å². The molecule has 2 unspecified atom stereocenters. The molecule has 1 amide bonds. The molecule has 2 N–H and O–H groups in total. The zero-order chi connectivity index (χ0) is 13.4. The maximum atomic E-state index is 11.8. The smallest absolute Gasteiger partial charge is 0.237 e. The Bertz CT molecular complexity index is 341. The van der Waals surface area contributed by atoms with Crippen LogP contribution in [0.2, 0.25) is 0 Å². The molecule has 1 heterocycles. The van der Waals surface area contributed by atoms with E-state index in [9.17, 15) is 4.79 Å². The highest BCUT2D eigenvalue weighted by atomic mass is 32.2. The van der Waals surface area contributed by atoms with Crippen molar-refractivity contribution in [3.05, 3.63) is 24.2 Å². The van der Waals surface area contributed by atoms with E-state index in [2.05, 4.69) is 24.5 Å². The van der Waals surface area contributed by atoms with E-state index < -0.39 is 0 Å². The summed E-state index contributed by atoms with van der Waals surface area (Å²) in [6.07, 6.45) is 1.60.